The first-order chi connectivity index (χ1) is 10.1. The second-order valence-electron chi connectivity index (χ2n) is 5.84. The van der Waals surface area contributed by atoms with Crippen LogP contribution in [-0.4, -0.2) is 29.3 Å². The molecule has 0 spiro atoms. The zero-order chi connectivity index (χ0) is 17.0. The lowest BCUT2D eigenvalue weighted by Gasteiger charge is -2.30. The summed E-state index contributed by atoms with van der Waals surface area (Å²) in [4.78, 5) is 28.3. The van der Waals surface area contributed by atoms with Crippen LogP contribution in [0.2, 0.25) is 5.15 Å². The third-order valence-electron chi connectivity index (χ3n) is 2.74. The van der Waals surface area contributed by atoms with Crippen LogP contribution >= 0.6 is 11.6 Å². The Kier molecular flexibility index (Phi) is 5.77. The zero-order valence-corrected chi connectivity index (χ0v) is 14.2. The number of carbonyl (C=O) groups excluding carboxylic acids is 2. The maximum atomic E-state index is 12.3. The summed E-state index contributed by atoms with van der Waals surface area (Å²) < 4.78 is 10.3. The fraction of sp³-hybridized carbons (Fsp3) is 0.533. The Bertz CT molecular complexity index is 539. The average molecular weight is 329 g/mol. The van der Waals surface area contributed by atoms with E-state index in [-0.39, 0.29) is 11.8 Å². The van der Waals surface area contributed by atoms with Gasteiger partial charge in [-0.1, -0.05) is 17.7 Å². The third-order valence-corrected chi connectivity index (χ3v) is 2.96. The van der Waals surface area contributed by atoms with E-state index in [1.165, 1.54) is 19.2 Å². The number of carbonyl (C=O) groups is 2. The number of halogens is 1. The minimum atomic E-state index is -1.42. The van der Waals surface area contributed by atoms with E-state index in [0.29, 0.717) is 5.56 Å². The topological polar surface area (TPSA) is 77.5 Å². The van der Waals surface area contributed by atoms with Crippen molar-refractivity contribution >= 4 is 23.7 Å². The second kappa shape index (κ2) is 6.96. The van der Waals surface area contributed by atoms with Crippen LogP contribution in [-0.2, 0) is 19.8 Å². The van der Waals surface area contributed by atoms with Gasteiger partial charge in [-0.3, -0.25) is 0 Å². The number of ether oxygens (including phenoxy) is 2. The number of hydrogen-bond donors (Lipinski definition) is 1. The molecule has 1 atom stereocenters. The highest BCUT2D eigenvalue weighted by molar-refractivity contribution is 6.29. The number of nitrogens with one attached hydrogen (secondary N) is 1. The predicted molar refractivity (Wildman–Crippen MR) is 82.6 cm³/mol. The minimum Gasteiger partial charge on any atom is -0.464 e. The van der Waals surface area contributed by atoms with E-state index in [0.717, 1.165) is 0 Å². The maximum absolute atomic E-state index is 12.3. The van der Waals surface area contributed by atoms with Gasteiger partial charge in [-0.2, -0.15) is 0 Å². The van der Waals surface area contributed by atoms with Crippen molar-refractivity contribution in [3.05, 3.63) is 29.0 Å². The fourth-order valence-corrected chi connectivity index (χ4v) is 1.81. The van der Waals surface area contributed by atoms with Crippen molar-refractivity contribution in [3.63, 3.8) is 0 Å². The molecule has 1 amide bonds. The van der Waals surface area contributed by atoms with Crippen molar-refractivity contribution in [1.29, 1.82) is 0 Å². The summed E-state index contributed by atoms with van der Waals surface area (Å²) in [6.45, 7) is 8.60. The van der Waals surface area contributed by atoms with E-state index in [9.17, 15) is 9.59 Å². The first kappa shape index (κ1) is 18.2. The van der Waals surface area contributed by atoms with Gasteiger partial charge in [-0.15, -0.1) is 0 Å². The molecule has 0 fully saturated rings. The molecule has 0 aliphatic heterocycles. The molecular formula is C15H21ClN2O4. The van der Waals surface area contributed by atoms with Gasteiger partial charge in [0.25, 0.3) is 0 Å². The predicted octanol–water partition coefficient (Wildman–Crippen LogP) is 3.04. The number of rotatable bonds is 4. The molecule has 122 valence electrons. The highest BCUT2D eigenvalue weighted by atomic mass is 35.5. The monoisotopic (exact) mass is 328 g/mol. The molecule has 0 aromatic carbocycles. The van der Waals surface area contributed by atoms with Crippen molar-refractivity contribution in [2.24, 2.45) is 0 Å². The number of aromatic nitrogens is 1. The minimum absolute atomic E-state index is 0.186. The second-order valence-corrected chi connectivity index (χ2v) is 6.23. The summed E-state index contributed by atoms with van der Waals surface area (Å²) in [5, 5.41) is 2.84. The average Bonchev–Trinajstić information content (AvgIpc) is 2.37. The molecule has 1 aromatic rings. The molecule has 7 heteroatoms. The van der Waals surface area contributed by atoms with Crippen molar-refractivity contribution in [1.82, 2.24) is 10.3 Å². The van der Waals surface area contributed by atoms with Gasteiger partial charge in [-0.05, 0) is 40.7 Å². The van der Waals surface area contributed by atoms with Crippen LogP contribution in [0.25, 0.3) is 0 Å². The molecule has 6 nitrogen and oxygen atoms in total. The quantitative estimate of drug-likeness (QED) is 0.679. The molecule has 0 radical (unpaired) electrons. The van der Waals surface area contributed by atoms with Crippen molar-refractivity contribution in [2.75, 3.05) is 6.61 Å². The van der Waals surface area contributed by atoms with Crippen molar-refractivity contribution in [3.8, 4) is 0 Å². The van der Waals surface area contributed by atoms with E-state index in [1.807, 2.05) is 0 Å². The summed E-state index contributed by atoms with van der Waals surface area (Å²) in [7, 11) is 0. The van der Waals surface area contributed by atoms with E-state index in [2.05, 4.69) is 10.3 Å². The fourth-order valence-electron chi connectivity index (χ4n) is 1.70. The number of esters is 1. The van der Waals surface area contributed by atoms with Gasteiger partial charge in [-0.25, -0.2) is 14.6 Å². The first-order valence-electron chi connectivity index (χ1n) is 6.89. The lowest BCUT2D eigenvalue weighted by molar-refractivity contribution is -0.151. The van der Waals surface area contributed by atoms with Gasteiger partial charge in [0.15, 0.2) is 5.54 Å². The molecular weight excluding hydrogens is 308 g/mol. The molecule has 1 unspecified atom stereocenters. The Hall–Kier alpha value is -1.82. The summed E-state index contributed by atoms with van der Waals surface area (Å²) in [5.41, 5.74) is -1.66. The summed E-state index contributed by atoms with van der Waals surface area (Å²) in [5.74, 6) is -0.606. The van der Waals surface area contributed by atoms with Crippen LogP contribution in [0.4, 0.5) is 4.79 Å². The van der Waals surface area contributed by atoms with Crippen molar-refractivity contribution in [2.45, 2.75) is 45.8 Å². The number of pyridine rings is 1. The molecule has 0 bridgehead atoms. The summed E-state index contributed by atoms with van der Waals surface area (Å²) >= 11 is 5.76. The Morgan fingerprint density at radius 2 is 1.91 bits per heavy atom. The summed E-state index contributed by atoms with van der Waals surface area (Å²) in [6.07, 6.45) is 0.689. The smallest absolute Gasteiger partial charge is 0.408 e. The van der Waals surface area contributed by atoms with Crippen LogP contribution in [0, 0.1) is 0 Å². The standard InChI is InChI=1S/C15H21ClN2O4/c1-6-21-12(19)15(5,10-7-8-11(16)17-9-10)18-13(20)22-14(2,3)4/h7-9H,6H2,1-5H3,(H,18,20). The van der Waals surface area contributed by atoms with Crippen LogP contribution in [0.5, 0.6) is 0 Å². The van der Waals surface area contributed by atoms with Gasteiger partial charge in [0.2, 0.25) is 0 Å². The lowest BCUT2D eigenvalue weighted by atomic mass is 9.93. The zero-order valence-electron chi connectivity index (χ0n) is 13.4. The maximum Gasteiger partial charge on any atom is 0.408 e. The van der Waals surface area contributed by atoms with Crippen LogP contribution < -0.4 is 5.32 Å². The summed E-state index contributed by atoms with van der Waals surface area (Å²) in [6, 6.07) is 3.13. The Labute approximate surface area is 135 Å². The van der Waals surface area contributed by atoms with Gasteiger partial charge in [0.1, 0.15) is 10.8 Å². The molecule has 1 aromatic heterocycles. The van der Waals surface area contributed by atoms with E-state index in [1.54, 1.807) is 33.8 Å². The highest BCUT2D eigenvalue weighted by Crippen LogP contribution is 2.24. The number of amides is 1. The first-order valence-corrected chi connectivity index (χ1v) is 7.26. The van der Waals surface area contributed by atoms with E-state index >= 15 is 0 Å². The molecule has 0 aliphatic rings. The van der Waals surface area contributed by atoms with Crippen LogP contribution in [0.15, 0.2) is 18.3 Å². The van der Waals surface area contributed by atoms with Crippen LogP contribution in [0.3, 0.4) is 0 Å². The van der Waals surface area contributed by atoms with Gasteiger partial charge in [0.05, 0.1) is 6.61 Å². The number of nitrogens with zero attached hydrogens (tertiary/aromatic N) is 1. The van der Waals surface area contributed by atoms with Crippen molar-refractivity contribution < 1.29 is 19.1 Å². The van der Waals surface area contributed by atoms with Gasteiger partial charge in [0, 0.05) is 11.8 Å². The number of alkyl carbamates (subject to hydrolysis) is 1. The molecule has 0 saturated heterocycles. The third kappa shape index (κ3) is 4.87. The SMILES string of the molecule is CCOC(=O)C(C)(NC(=O)OC(C)(C)C)c1ccc(Cl)nc1. The normalized spacial score (nSPS) is 13.9. The molecule has 0 saturated carbocycles. The van der Waals surface area contributed by atoms with Gasteiger partial charge >= 0.3 is 12.1 Å². The Balaban J connectivity index is 3.09. The largest absolute Gasteiger partial charge is 0.464 e. The highest BCUT2D eigenvalue weighted by Gasteiger charge is 2.40. The van der Waals surface area contributed by atoms with Crippen LogP contribution in [0.1, 0.15) is 40.2 Å². The Morgan fingerprint density at radius 3 is 2.36 bits per heavy atom. The van der Waals surface area contributed by atoms with E-state index < -0.39 is 23.2 Å². The van der Waals surface area contributed by atoms with Gasteiger partial charge < -0.3 is 14.8 Å². The molecule has 22 heavy (non-hydrogen) atoms. The Morgan fingerprint density at radius 1 is 1.27 bits per heavy atom. The molecule has 0 aliphatic carbocycles. The lowest BCUT2D eigenvalue weighted by Crippen LogP contribution is -2.51. The molecule has 1 N–H and O–H groups in total. The number of hydrogen-bond acceptors (Lipinski definition) is 5. The van der Waals surface area contributed by atoms with E-state index in [4.69, 9.17) is 21.1 Å². The molecule has 1 heterocycles. The molecule has 1 rings (SSSR count).